The van der Waals surface area contributed by atoms with E-state index in [4.69, 9.17) is 0 Å². The second kappa shape index (κ2) is 8.79. The smallest absolute Gasteiger partial charge is 0.339 e. The maximum atomic E-state index is 11.3. The van der Waals surface area contributed by atoms with Crippen LogP contribution in [0.25, 0.3) is 0 Å². The van der Waals surface area contributed by atoms with Crippen molar-refractivity contribution in [2.45, 2.75) is 39.5 Å². The number of hydrogen-bond acceptors (Lipinski definition) is 5. The van der Waals surface area contributed by atoms with Gasteiger partial charge in [0, 0.05) is 6.54 Å². The molecule has 0 aliphatic rings. The Hall–Kier alpha value is -1.30. The first kappa shape index (κ1) is 16.8. The number of hydrogen-bond donors (Lipinski definition) is 2. The molecule has 0 spiro atoms. The van der Waals surface area contributed by atoms with Crippen molar-refractivity contribution in [1.82, 2.24) is 10.2 Å². The lowest BCUT2D eigenvalue weighted by Crippen LogP contribution is -2.13. The summed E-state index contributed by atoms with van der Waals surface area (Å²) in [6, 6.07) is 0. The molecule has 1 aromatic heterocycles. The van der Waals surface area contributed by atoms with E-state index in [9.17, 15) is 9.90 Å². The van der Waals surface area contributed by atoms with E-state index in [1.807, 2.05) is 11.8 Å². The molecular weight excluding hydrogens is 274 g/mol. The van der Waals surface area contributed by atoms with Crippen LogP contribution < -0.4 is 5.32 Å². The number of rotatable bonds is 9. The minimum atomic E-state index is -0.956. The maximum absolute atomic E-state index is 11.3. The van der Waals surface area contributed by atoms with E-state index in [0.717, 1.165) is 19.4 Å². The third-order valence-corrected chi connectivity index (χ3v) is 3.93. The first-order valence-corrected chi connectivity index (χ1v) is 8.27. The highest BCUT2D eigenvalue weighted by Gasteiger charge is 2.17. The third-order valence-electron chi connectivity index (χ3n) is 3.24. The number of unbranched alkanes of at least 4 members (excludes halogenated alkanes) is 3. The van der Waals surface area contributed by atoms with Crippen molar-refractivity contribution in [1.29, 1.82) is 0 Å². The molecule has 0 bridgehead atoms. The molecular formula is C14H23N3O2S. The lowest BCUT2D eigenvalue weighted by Gasteiger charge is -2.11. The molecule has 1 heterocycles. The lowest BCUT2D eigenvalue weighted by atomic mass is 10.1. The van der Waals surface area contributed by atoms with Gasteiger partial charge in [-0.2, -0.15) is 16.9 Å². The van der Waals surface area contributed by atoms with Crippen LogP contribution in [0.3, 0.4) is 0 Å². The van der Waals surface area contributed by atoms with Crippen molar-refractivity contribution < 1.29 is 9.90 Å². The predicted molar refractivity (Wildman–Crippen MR) is 83.8 cm³/mol. The minimum Gasteiger partial charge on any atom is -0.478 e. The van der Waals surface area contributed by atoms with Crippen molar-refractivity contribution in [3.63, 3.8) is 0 Å². The number of aryl methyl sites for hydroxylation is 1. The van der Waals surface area contributed by atoms with Crippen LogP contribution in [0.15, 0.2) is 0 Å². The summed E-state index contributed by atoms with van der Waals surface area (Å²) in [5, 5.41) is 20.3. The molecule has 0 saturated carbocycles. The van der Waals surface area contributed by atoms with Crippen molar-refractivity contribution >= 4 is 23.5 Å². The molecule has 0 amide bonds. The molecule has 1 aromatic rings. The molecule has 0 atom stereocenters. The highest BCUT2D eigenvalue weighted by Crippen LogP contribution is 2.18. The van der Waals surface area contributed by atoms with Crippen LogP contribution in [0, 0.1) is 13.8 Å². The van der Waals surface area contributed by atoms with Gasteiger partial charge in [0.25, 0.3) is 0 Å². The number of carbonyl (C=O) groups is 1. The molecule has 112 valence electrons. The zero-order valence-corrected chi connectivity index (χ0v) is 13.2. The fraction of sp³-hybridized carbons (Fsp3) is 0.643. The number of thioether (sulfide) groups is 1. The largest absolute Gasteiger partial charge is 0.478 e. The van der Waals surface area contributed by atoms with E-state index in [0.29, 0.717) is 17.1 Å². The molecule has 0 aliphatic carbocycles. The highest BCUT2D eigenvalue weighted by atomic mass is 32.2. The summed E-state index contributed by atoms with van der Waals surface area (Å²) in [6.45, 7) is 4.27. The second-order valence-corrected chi connectivity index (χ2v) is 5.76. The average molecular weight is 297 g/mol. The Balaban J connectivity index is 2.48. The monoisotopic (exact) mass is 297 g/mol. The highest BCUT2D eigenvalue weighted by molar-refractivity contribution is 7.98. The fourth-order valence-corrected chi connectivity index (χ4v) is 2.42. The van der Waals surface area contributed by atoms with Crippen molar-refractivity contribution in [3.8, 4) is 0 Å². The molecule has 6 heteroatoms. The van der Waals surface area contributed by atoms with Gasteiger partial charge in [0.15, 0.2) is 5.82 Å². The number of aromatic carboxylic acids is 1. The van der Waals surface area contributed by atoms with E-state index >= 15 is 0 Å². The van der Waals surface area contributed by atoms with Gasteiger partial charge in [0.2, 0.25) is 0 Å². The molecule has 5 nitrogen and oxygen atoms in total. The van der Waals surface area contributed by atoms with Crippen LogP contribution in [0.1, 0.15) is 47.3 Å². The number of carboxylic acids is 1. The molecule has 0 unspecified atom stereocenters. The van der Waals surface area contributed by atoms with Gasteiger partial charge in [0.1, 0.15) is 5.56 Å². The maximum Gasteiger partial charge on any atom is 0.339 e. The van der Waals surface area contributed by atoms with Crippen molar-refractivity contribution in [2.24, 2.45) is 0 Å². The Kier molecular flexibility index (Phi) is 7.36. The first-order chi connectivity index (χ1) is 9.57. The van der Waals surface area contributed by atoms with Crippen LogP contribution in [0.2, 0.25) is 0 Å². The molecule has 0 aromatic carbocycles. The number of nitrogens with one attached hydrogen (secondary N) is 1. The van der Waals surface area contributed by atoms with Crippen LogP contribution in [-0.4, -0.2) is 39.8 Å². The summed E-state index contributed by atoms with van der Waals surface area (Å²) < 4.78 is 0. The molecule has 2 N–H and O–H groups in total. The minimum absolute atomic E-state index is 0.236. The molecule has 0 saturated heterocycles. The Morgan fingerprint density at radius 1 is 1.20 bits per heavy atom. The van der Waals surface area contributed by atoms with Crippen molar-refractivity contribution in [3.05, 3.63) is 16.8 Å². The summed E-state index contributed by atoms with van der Waals surface area (Å²) in [7, 11) is 0. The Morgan fingerprint density at radius 3 is 2.55 bits per heavy atom. The first-order valence-electron chi connectivity index (χ1n) is 6.88. The zero-order chi connectivity index (χ0) is 15.0. The molecule has 1 rings (SSSR count). The van der Waals surface area contributed by atoms with Gasteiger partial charge in [-0.15, -0.1) is 5.10 Å². The number of aromatic nitrogens is 2. The Morgan fingerprint density at radius 2 is 1.90 bits per heavy atom. The normalized spacial score (nSPS) is 10.6. The topological polar surface area (TPSA) is 75.1 Å². The summed E-state index contributed by atoms with van der Waals surface area (Å²) >= 11 is 1.87. The van der Waals surface area contributed by atoms with Gasteiger partial charge in [-0.3, -0.25) is 0 Å². The van der Waals surface area contributed by atoms with E-state index in [1.54, 1.807) is 13.8 Å². The lowest BCUT2D eigenvalue weighted by molar-refractivity contribution is 0.0696. The summed E-state index contributed by atoms with van der Waals surface area (Å²) in [5.74, 6) is 0.631. The van der Waals surface area contributed by atoms with E-state index in [1.165, 1.54) is 18.6 Å². The van der Waals surface area contributed by atoms with Gasteiger partial charge in [-0.25, -0.2) is 4.79 Å². The van der Waals surface area contributed by atoms with Crippen LogP contribution in [-0.2, 0) is 0 Å². The summed E-state index contributed by atoms with van der Waals surface area (Å²) in [5.41, 5.74) is 1.57. The third kappa shape index (κ3) is 5.00. The van der Waals surface area contributed by atoms with Gasteiger partial charge in [-0.1, -0.05) is 12.8 Å². The Bertz CT molecular complexity index is 452. The van der Waals surface area contributed by atoms with Gasteiger partial charge in [0.05, 0.1) is 5.69 Å². The molecule has 0 aliphatic heterocycles. The van der Waals surface area contributed by atoms with Crippen LogP contribution in [0.4, 0.5) is 5.82 Å². The number of carboxylic acid groups (broad SMARTS) is 1. The quantitative estimate of drug-likeness (QED) is 0.682. The predicted octanol–water partition coefficient (Wildman–Crippen LogP) is 3.13. The van der Waals surface area contributed by atoms with E-state index in [2.05, 4.69) is 21.8 Å². The zero-order valence-electron chi connectivity index (χ0n) is 12.4. The fourth-order valence-electron chi connectivity index (χ4n) is 1.93. The SMILES string of the molecule is CSCCCCCCNc1nnc(C)c(C)c1C(=O)O. The summed E-state index contributed by atoms with van der Waals surface area (Å²) in [4.78, 5) is 11.3. The van der Waals surface area contributed by atoms with Gasteiger partial charge < -0.3 is 10.4 Å². The number of nitrogens with zero attached hydrogens (tertiary/aromatic N) is 2. The Labute approximate surface area is 124 Å². The summed E-state index contributed by atoms with van der Waals surface area (Å²) in [6.07, 6.45) is 6.74. The molecule has 0 radical (unpaired) electrons. The van der Waals surface area contributed by atoms with Gasteiger partial charge in [-0.05, 0) is 44.3 Å². The second-order valence-electron chi connectivity index (χ2n) is 4.77. The molecule has 0 fully saturated rings. The van der Waals surface area contributed by atoms with E-state index in [-0.39, 0.29) is 5.56 Å². The van der Waals surface area contributed by atoms with E-state index < -0.39 is 5.97 Å². The van der Waals surface area contributed by atoms with Crippen LogP contribution >= 0.6 is 11.8 Å². The van der Waals surface area contributed by atoms with Crippen molar-refractivity contribution in [2.75, 3.05) is 23.9 Å². The number of anilines is 1. The average Bonchev–Trinajstić information content (AvgIpc) is 2.41. The van der Waals surface area contributed by atoms with Gasteiger partial charge >= 0.3 is 5.97 Å². The standard InChI is InChI=1S/C14H23N3O2S/c1-10-11(2)16-17-13(12(10)14(18)19)15-8-6-4-5-7-9-20-3/h4-9H2,1-3H3,(H,15,17)(H,18,19). The molecule has 20 heavy (non-hydrogen) atoms. The van der Waals surface area contributed by atoms with Crippen LogP contribution in [0.5, 0.6) is 0 Å².